The Hall–Kier alpha value is -0.680. The summed E-state index contributed by atoms with van der Waals surface area (Å²) in [7, 11) is 0. The topological polar surface area (TPSA) is 44.5 Å². The second-order valence-corrected chi connectivity index (χ2v) is 3.91. The van der Waals surface area contributed by atoms with E-state index in [4.69, 9.17) is 26.8 Å². The van der Waals surface area contributed by atoms with Gasteiger partial charge in [0.25, 0.3) is 0 Å². The van der Waals surface area contributed by atoms with Crippen molar-refractivity contribution in [2.75, 3.05) is 13.2 Å². The maximum absolute atomic E-state index is 13.7. The Morgan fingerprint density at radius 3 is 2.35 bits per heavy atom. The summed E-state index contributed by atoms with van der Waals surface area (Å²) in [5.41, 5.74) is 6.26. The Morgan fingerprint density at radius 2 is 1.88 bits per heavy atom. The standard InChI is InChI=1S/C12H17ClFNO2/c1-3-16-12(17-4-2)11(15)9-6-5-8(13)7-10(9)14/h5-7,11-12H,3-4,15H2,1-2H3. The Kier molecular flexibility index (Phi) is 5.85. The molecule has 0 aliphatic heterocycles. The van der Waals surface area contributed by atoms with Gasteiger partial charge in [-0.25, -0.2) is 4.39 Å². The lowest BCUT2D eigenvalue weighted by molar-refractivity contribution is -0.149. The van der Waals surface area contributed by atoms with Gasteiger partial charge in [-0.2, -0.15) is 0 Å². The van der Waals surface area contributed by atoms with Crippen LogP contribution < -0.4 is 5.73 Å². The van der Waals surface area contributed by atoms with Crippen molar-refractivity contribution >= 4 is 11.6 Å². The van der Waals surface area contributed by atoms with Crippen LogP contribution in [0.5, 0.6) is 0 Å². The van der Waals surface area contributed by atoms with E-state index in [-0.39, 0.29) is 0 Å². The van der Waals surface area contributed by atoms with Crippen LogP contribution in [0.15, 0.2) is 18.2 Å². The van der Waals surface area contributed by atoms with Crippen LogP contribution in [0, 0.1) is 5.82 Å². The van der Waals surface area contributed by atoms with Crippen molar-refractivity contribution in [2.24, 2.45) is 5.73 Å². The summed E-state index contributed by atoms with van der Waals surface area (Å²) in [5.74, 6) is -0.450. The second-order valence-electron chi connectivity index (χ2n) is 3.47. The Labute approximate surface area is 106 Å². The molecule has 1 unspecified atom stereocenters. The van der Waals surface area contributed by atoms with Crippen molar-refractivity contribution in [1.82, 2.24) is 0 Å². The van der Waals surface area contributed by atoms with Crippen LogP contribution in [0.25, 0.3) is 0 Å². The summed E-state index contributed by atoms with van der Waals surface area (Å²) in [6.45, 7) is 4.56. The molecule has 0 spiro atoms. The Bertz CT molecular complexity index is 356. The van der Waals surface area contributed by atoms with Gasteiger partial charge in [-0.3, -0.25) is 0 Å². The minimum Gasteiger partial charge on any atom is -0.351 e. The predicted molar refractivity (Wildman–Crippen MR) is 65.4 cm³/mol. The maximum atomic E-state index is 13.7. The minimum absolute atomic E-state index is 0.335. The molecule has 1 rings (SSSR count). The fourth-order valence-corrected chi connectivity index (χ4v) is 1.66. The quantitative estimate of drug-likeness (QED) is 0.801. The van der Waals surface area contributed by atoms with Crippen LogP contribution in [0.4, 0.5) is 4.39 Å². The van der Waals surface area contributed by atoms with E-state index in [0.29, 0.717) is 23.8 Å². The molecule has 5 heteroatoms. The van der Waals surface area contributed by atoms with E-state index < -0.39 is 18.1 Å². The summed E-state index contributed by atoms with van der Waals surface area (Å²) in [5, 5.41) is 0.336. The molecule has 1 aromatic carbocycles. The van der Waals surface area contributed by atoms with E-state index >= 15 is 0 Å². The molecule has 0 radical (unpaired) electrons. The third-order valence-electron chi connectivity index (χ3n) is 2.28. The molecule has 2 N–H and O–H groups in total. The number of halogens is 2. The summed E-state index contributed by atoms with van der Waals surface area (Å²) in [6.07, 6.45) is -0.652. The number of hydrogen-bond donors (Lipinski definition) is 1. The molecule has 0 heterocycles. The van der Waals surface area contributed by atoms with Crippen LogP contribution in [-0.4, -0.2) is 19.5 Å². The first-order valence-corrected chi connectivity index (χ1v) is 5.91. The van der Waals surface area contributed by atoms with Crippen LogP contribution in [0.2, 0.25) is 5.02 Å². The molecule has 1 atom stereocenters. The molecule has 0 bridgehead atoms. The van der Waals surface area contributed by atoms with E-state index in [2.05, 4.69) is 0 Å². The molecule has 0 saturated heterocycles. The molecule has 0 saturated carbocycles. The zero-order chi connectivity index (χ0) is 12.8. The van der Waals surface area contributed by atoms with Gasteiger partial charge in [0.05, 0.1) is 6.04 Å². The first-order chi connectivity index (χ1) is 8.10. The molecule has 0 fully saturated rings. The van der Waals surface area contributed by atoms with Gasteiger partial charge in [0, 0.05) is 23.8 Å². The summed E-state index contributed by atoms with van der Waals surface area (Å²) in [4.78, 5) is 0. The molecular formula is C12H17ClFNO2. The molecule has 0 aliphatic carbocycles. The smallest absolute Gasteiger partial charge is 0.176 e. The monoisotopic (exact) mass is 261 g/mol. The van der Waals surface area contributed by atoms with Gasteiger partial charge in [-0.15, -0.1) is 0 Å². The van der Waals surface area contributed by atoms with Gasteiger partial charge in [0.2, 0.25) is 0 Å². The summed E-state index contributed by atoms with van der Waals surface area (Å²) in [6, 6.07) is 3.69. The first-order valence-electron chi connectivity index (χ1n) is 5.53. The molecule has 0 amide bonds. The highest BCUT2D eigenvalue weighted by atomic mass is 35.5. The molecule has 17 heavy (non-hydrogen) atoms. The normalized spacial score (nSPS) is 13.1. The van der Waals surface area contributed by atoms with E-state index in [1.54, 1.807) is 12.1 Å². The van der Waals surface area contributed by atoms with Crippen molar-refractivity contribution < 1.29 is 13.9 Å². The minimum atomic E-state index is -0.674. The van der Waals surface area contributed by atoms with Crippen molar-refractivity contribution in [2.45, 2.75) is 26.2 Å². The number of ether oxygens (including phenoxy) is 2. The lowest BCUT2D eigenvalue weighted by Crippen LogP contribution is -2.32. The van der Waals surface area contributed by atoms with Gasteiger partial charge in [0.15, 0.2) is 6.29 Å². The molecule has 3 nitrogen and oxygen atoms in total. The lowest BCUT2D eigenvalue weighted by Gasteiger charge is -2.24. The van der Waals surface area contributed by atoms with Gasteiger partial charge in [0.1, 0.15) is 5.82 Å². The third-order valence-corrected chi connectivity index (χ3v) is 2.51. The van der Waals surface area contributed by atoms with Crippen molar-refractivity contribution in [1.29, 1.82) is 0 Å². The molecular weight excluding hydrogens is 245 g/mol. The highest BCUT2D eigenvalue weighted by Crippen LogP contribution is 2.23. The zero-order valence-corrected chi connectivity index (χ0v) is 10.7. The molecule has 1 aromatic rings. The molecule has 0 aliphatic rings. The first kappa shape index (κ1) is 14.4. The van der Waals surface area contributed by atoms with Crippen LogP contribution in [0.3, 0.4) is 0 Å². The number of hydrogen-bond acceptors (Lipinski definition) is 3. The Balaban J connectivity index is 2.88. The Morgan fingerprint density at radius 1 is 1.29 bits per heavy atom. The van der Waals surface area contributed by atoms with Crippen molar-refractivity contribution in [3.8, 4) is 0 Å². The fraction of sp³-hybridized carbons (Fsp3) is 0.500. The van der Waals surface area contributed by atoms with Crippen molar-refractivity contribution in [3.63, 3.8) is 0 Å². The van der Waals surface area contributed by atoms with Crippen molar-refractivity contribution in [3.05, 3.63) is 34.6 Å². The fourth-order valence-electron chi connectivity index (χ4n) is 1.50. The second kappa shape index (κ2) is 6.91. The van der Waals surface area contributed by atoms with Crippen LogP contribution >= 0.6 is 11.6 Å². The van der Waals surface area contributed by atoms with E-state index in [1.165, 1.54) is 6.07 Å². The number of nitrogens with two attached hydrogens (primary N) is 1. The predicted octanol–water partition coefficient (Wildman–Crippen LogP) is 2.88. The number of benzene rings is 1. The molecule has 96 valence electrons. The van der Waals surface area contributed by atoms with E-state index in [9.17, 15) is 4.39 Å². The SMILES string of the molecule is CCOC(OCC)C(N)c1ccc(Cl)cc1F. The summed E-state index contributed by atoms with van der Waals surface area (Å²) < 4.78 is 24.3. The maximum Gasteiger partial charge on any atom is 0.176 e. The van der Waals surface area contributed by atoms with Gasteiger partial charge < -0.3 is 15.2 Å². The molecule has 0 aromatic heterocycles. The highest BCUT2D eigenvalue weighted by molar-refractivity contribution is 6.30. The van der Waals surface area contributed by atoms with Crippen LogP contribution in [0.1, 0.15) is 25.5 Å². The largest absolute Gasteiger partial charge is 0.351 e. The van der Waals surface area contributed by atoms with E-state index in [1.807, 2.05) is 13.8 Å². The van der Waals surface area contributed by atoms with Gasteiger partial charge in [-0.1, -0.05) is 17.7 Å². The van der Waals surface area contributed by atoms with E-state index in [0.717, 1.165) is 0 Å². The lowest BCUT2D eigenvalue weighted by atomic mass is 10.1. The highest BCUT2D eigenvalue weighted by Gasteiger charge is 2.22. The zero-order valence-electron chi connectivity index (χ0n) is 9.95. The van der Waals surface area contributed by atoms with Crippen LogP contribution in [-0.2, 0) is 9.47 Å². The number of rotatable bonds is 6. The third kappa shape index (κ3) is 3.92. The average molecular weight is 262 g/mol. The average Bonchev–Trinajstić information content (AvgIpc) is 2.28. The van der Waals surface area contributed by atoms with Gasteiger partial charge in [-0.05, 0) is 26.0 Å². The van der Waals surface area contributed by atoms with Gasteiger partial charge >= 0.3 is 0 Å². The summed E-state index contributed by atoms with van der Waals surface area (Å²) >= 11 is 5.68.